The Balaban J connectivity index is 4.69. The van der Waals surface area contributed by atoms with Crippen molar-refractivity contribution >= 4 is 11.9 Å². The van der Waals surface area contributed by atoms with E-state index in [1.54, 1.807) is 6.20 Å². The minimum atomic E-state index is -0.898. The number of carbonyl (C=O) groups excluding carboxylic acids is 1. The first-order valence-electron chi connectivity index (χ1n) is 7.62. The van der Waals surface area contributed by atoms with Crippen LogP contribution in [-0.4, -0.2) is 41.5 Å². The number of aliphatic carboxylic acids is 1. The summed E-state index contributed by atoms with van der Waals surface area (Å²) < 4.78 is 0. The number of hydrogen-bond acceptors (Lipinski definition) is 4. The molecule has 22 heavy (non-hydrogen) atoms. The second-order valence-corrected chi connectivity index (χ2v) is 6.15. The van der Waals surface area contributed by atoms with Crippen molar-refractivity contribution in [3.8, 4) is 6.07 Å². The second-order valence-electron chi connectivity index (χ2n) is 6.15. The highest BCUT2D eigenvalue weighted by Gasteiger charge is 2.13. The normalized spacial score (nSPS) is 11.4. The van der Waals surface area contributed by atoms with Crippen LogP contribution in [0.2, 0.25) is 0 Å². The molecule has 0 bridgehead atoms. The van der Waals surface area contributed by atoms with Gasteiger partial charge < -0.3 is 15.3 Å². The molecule has 0 saturated heterocycles. The minimum absolute atomic E-state index is 0.00128. The number of carboxylic acids is 1. The summed E-state index contributed by atoms with van der Waals surface area (Å²) in [5, 5.41) is 20.3. The lowest BCUT2D eigenvalue weighted by molar-refractivity contribution is -0.137. The van der Waals surface area contributed by atoms with Gasteiger partial charge in [-0.05, 0) is 18.3 Å². The van der Waals surface area contributed by atoms with Crippen LogP contribution in [0.4, 0.5) is 0 Å². The molecule has 0 heterocycles. The number of amides is 1. The fraction of sp³-hybridized carbons (Fsp3) is 0.688. The van der Waals surface area contributed by atoms with E-state index in [1.807, 2.05) is 11.0 Å². The number of nitrogens with zero attached hydrogens (tertiary/aromatic N) is 2. The number of rotatable bonds is 10. The van der Waals surface area contributed by atoms with E-state index in [0.717, 1.165) is 13.1 Å². The van der Waals surface area contributed by atoms with Gasteiger partial charge in [-0.1, -0.05) is 27.7 Å². The predicted molar refractivity (Wildman–Crippen MR) is 84.8 cm³/mol. The zero-order chi connectivity index (χ0) is 17.1. The molecule has 0 aromatic heterocycles. The topological polar surface area (TPSA) is 93.4 Å². The summed E-state index contributed by atoms with van der Waals surface area (Å²) in [6.45, 7) is 10.1. The molecule has 0 radical (unpaired) electrons. The molecular formula is C16H27N3O3. The van der Waals surface area contributed by atoms with Crippen molar-refractivity contribution in [1.82, 2.24) is 10.2 Å². The van der Waals surface area contributed by atoms with Gasteiger partial charge in [-0.15, -0.1) is 0 Å². The van der Waals surface area contributed by atoms with Crippen molar-refractivity contribution in [3.05, 3.63) is 11.8 Å². The fourth-order valence-corrected chi connectivity index (χ4v) is 1.98. The molecule has 0 rings (SSSR count). The molecule has 6 heteroatoms. The lowest BCUT2D eigenvalue weighted by Crippen LogP contribution is -2.30. The molecule has 0 fully saturated rings. The molecule has 0 aliphatic rings. The van der Waals surface area contributed by atoms with Gasteiger partial charge >= 0.3 is 5.97 Å². The lowest BCUT2D eigenvalue weighted by atomic mass is 10.1. The van der Waals surface area contributed by atoms with Crippen molar-refractivity contribution in [2.45, 2.75) is 40.5 Å². The Morgan fingerprint density at radius 2 is 1.77 bits per heavy atom. The Bertz CT molecular complexity index is 426. The first-order chi connectivity index (χ1) is 10.3. The molecule has 0 unspecified atom stereocenters. The molecule has 0 saturated carbocycles. The largest absolute Gasteiger partial charge is 0.481 e. The predicted octanol–water partition coefficient (Wildman–Crippen LogP) is 1.99. The van der Waals surface area contributed by atoms with Crippen LogP contribution in [0.3, 0.4) is 0 Å². The van der Waals surface area contributed by atoms with Crippen LogP contribution in [0.15, 0.2) is 11.8 Å². The van der Waals surface area contributed by atoms with Crippen molar-refractivity contribution in [2.75, 3.05) is 19.6 Å². The molecule has 0 spiro atoms. The third kappa shape index (κ3) is 9.81. The van der Waals surface area contributed by atoms with E-state index < -0.39 is 11.9 Å². The zero-order valence-corrected chi connectivity index (χ0v) is 13.9. The van der Waals surface area contributed by atoms with Gasteiger partial charge in [-0.25, -0.2) is 0 Å². The van der Waals surface area contributed by atoms with Crippen LogP contribution in [0.5, 0.6) is 0 Å². The molecule has 1 amide bonds. The maximum Gasteiger partial charge on any atom is 0.303 e. The summed E-state index contributed by atoms with van der Waals surface area (Å²) in [4.78, 5) is 24.3. The number of nitrogens with one attached hydrogen (secondary N) is 1. The molecule has 0 aliphatic heterocycles. The van der Waals surface area contributed by atoms with Gasteiger partial charge in [0.1, 0.15) is 11.6 Å². The molecule has 0 aromatic rings. The summed E-state index contributed by atoms with van der Waals surface area (Å²) in [6, 6.07) is 1.92. The van der Waals surface area contributed by atoms with Gasteiger partial charge in [0.15, 0.2) is 0 Å². The van der Waals surface area contributed by atoms with Crippen LogP contribution in [0.1, 0.15) is 40.5 Å². The lowest BCUT2D eigenvalue weighted by Gasteiger charge is -2.25. The van der Waals surface area contributed by atoms with Gasteiger partial charge in [-0.3, -0.25) is 9.59 Å². The Morgan fingerprint density at radius 3 is 2.18 bits per heavy atom. The van der Waals surface area contributed by atoms with Crippen molar-refractivity contribution in [3.63, 3.8) is 0 Å². The highest BCUT2D eigenvalue weighted by atomic mass is 16.4. The summed E-state index contributed by atoms with van der Waals surface area (Å²) in [5.41, 5.74) is 0.0524. The molecule has 2 N–H and O–H groups in total. The van der Waals surface area contributed by atoms with Crippen molar-refractivity contribution in [1.29, 1.82) is 5.26 Å². The van der Waals surface area contributed by atoms with Crippen molar-refractivity contribution in [2.24, 2.45) is 11.8 Å². The van der Waals surface area contributed by atoms with E-state index in [1.165, 1.54) is 0 Å². The Kier molecular flexibility index (Phi) is 9.68. The van der Waals surface area contributed by atoms with E-state index in [9.17, 15) is 9.59 Å². The SMILES string of the molecule is CC(C)CN(/C=C(/C#N)C(=O)NCCCC(=O)O)CC(C)C. The van der Waals surface area contributed by atoms with Crippen LogP contribution >= 0.6 is 0 Å². The van der Waals surface area contributed by atoms with Crippen LogP contribution in [-0.2, 0) is 9.59 Å². The van der Waals surface area contributed by atoms with Gasteiger partial charge in [0.25, 0.3) is 5.91 Å². The average Bonchev–Trinajstić information content (AvgIpc) is 2.38. The highest BCUT2D eigenvalue weighted by Crippen LogP contribution is 2.07. The third-order valence-electron chi connectivity index (χ3n) is 2.73. The quantitative estimate of drug-likeness (QED) is 0.366. The van der Waals surface area contributed by atoms with E-state index in [0.29, 0.717) is 18.3 Å². The van der Waals surface area contributed by atoms with Gasteiger partial charge in [0, 0.05) is 32.3 Å². The summed E-state index contributed by atoms with van der Waals surface area (Å²) >= 11 is 0. The molecule has 0 aromatic carbocycles. The fourth-order valence-electron chi connectivity index (χ4n) is 1.98. The summed E-state index contributed by atoms with van der Waals surface area (Å²) in [7, 11) is 0. The minimum Gasteiger partial charge on any atom is -0.481 e. The molecule has 124 valence electrons. The summed E-state index contributed by atoms with van der Waals surface area (Å²) in [6.07, 6.45) is 1.95. The summed E-state index contributed by atoms with van der Waals surface area (Å²) in [5.74, 6) is -0.502. The Labute approximate surface area is 132 Å². The highest BCUT2D eigenvalue weighted by molar-refractivity contribution is 5.97. The third-order valence-corrected chi connectivity index (χ3v) is 2.73. The first-order valence-corrected chi connectivity index (χ1v) is 7.62. The number of carboxylic acid groups (broad SMARTS) is 1. The smallest absolute Gasteiger partial charge is 0.303 e. The van der Waals surface area contributed by atoms with Gasteiger partial charge in [0.05, 0.1) is 0 Å². The maximum atomic E-state index is 12.0. The Morgan fingerprint density at radius 1 is 1.23 bits per heavy atom. The molecule has 6 nitrogen and oxygen atoms in total. The first kappa shape index (κ1) is 20.0. The second kappa shape index (κ2) is 10.7. The maximum absolute atomic E-state index is 12.0. The molecule has 0 aliphatic carbocycles. The standard InChI is InChI=1S/C16H27N3O3/c1-12(2)9-19(10-13(3)4)11-14(8-17)16(22)18-7-5-6-15(20)21/h11-13H,5-7,9-10H2,1-4H3,(H,18,22)(H,20,21)/b14-11-. The Hall–Kier alpha value is -2.03. The average molecular weight is 309 g/mol. The zero-order valence-electron chi connectivity index (χ0n) is 13.9. The van der Waals surface area contributed by atoms with E-state index in [4.69, 9.17) is 10.4 Å². The monoisotopic (exact) mass is 309 g/mol. The van der Waals surface area contributed by atoms with Crippen LogP contribution in [0, 0.1) is 23.2 Å². The van der Waals surface area contributed by atoms with Crippen molar-refractivity contribution < 1.29 is 14.7 Å². The number of carbonyl (C=O) groups is 2. The van der Waals surface area contributed by atoms with Crippen LogP contribution in [0.25, 0.3) is 0 Å². The van der Waals surface area contributed by atoms with E-state index in [2.05, 4.69) is 33.0 Å². The number of nitriles is 1. The molecule has 0 atom stereocenters. The van der Waals surface area contributed by atoms with Gasteiger partial charge in [-0.2, -0.15) is 5.26 Å². The molecular weight excluding hydrogens is 282 g/mol. The van der Waals surface area contributed by atoms with Crippen LogP contribution < -0.4 is 5.32 Å². The van der Waals surface area contributed by atoms with Gasteiger partial charge in [0.2, 0.25) is 0 Å². The number of hydrogen-bond donors (Lipinski definition) is 2. The van der Waals surface area contributed by atoms with E-state index >= 15 is 0 Å². The van der Waals surface area contributed by atoms with E-state index in [-0.39, 0.29) is 18.5 Å².